The van der Waals surface area contributed by atoms with Crippen molar-refractivity contribution in [2.45, 2.75) is 6.92 Å². The van der Waals surface area contributed by atoms with Crippen LogP contribution in [-0.4, -0.2) is 47.3 Å². The maximum absolute atomic E-state index is 12.0. The second-order valence-corrected chi connectivity index (χ2v) is 4.32. The third kappa shape index (κ3) is 3.66. The third-order valence-corrected chi connectivity index (χ3v) is 2.59. The summed E-state index contributed by atoms with van der Waals surface area (Å²) >= 11 is 5.66. The van der Waals surface area contributed by atoms with Gasteiger partial charge in [0.2, 0.25) is 5.91 Å². The first kappa shape index (κ1) is 14.4. The van der Waals surface area contributed by atoms with Crippen molar-refractivity contribution in [3.05, 3.63) is 23.2 Å². The fraction of sp³-hybridized carbons (Fsp3) is 0.455. The summed E-state index contributed by atoms with van der Waals surface area (Å²) in [7, 11) is 3.16. The Morgan fingerprint density at radius 2 is 2.17 bits per heavy atom. The molecule has 2 amide bonds. The van der Waals surface area contributed by atoms with Gasteiger partial charge in [-0.1, -0.05) is 18.5 Å². The van der Waals surface area contributed by atoms with Crippen molar-refractivity contribution >= 4 is 23.4 Å². The standard InChI is InChI=1S/C11H15ClN4O2/c1-7(10(17)13-2)6-16(3)11(18)8-4-14-5-9(12)15-8/h4-5,7H,6H2,1-3H3,(H,13,17). The molecule has 6 nitrogen and oxygen atoms in total. The number of aromatic nitrogens is 2. The van der Waals surface area contributed by atoms with Crippen LogP contribution < -0.4 is 5.32 Å². The van der Waals surface area contributed by atoms with E-state index in [-0.39, 0.29) is 28.6 Å². The van der Waals surface area contributed by atoms with Gasteiger partial charge in [0.25, 0.3) is 5.91 Å². The van der Waals surface area contributed by atoms with Gasteiger partial charge >= 0.3 is 0 Å². The highest BCUT2D eigenvalue weighted by atomic mass is 35.5. The molecule has 1 heterocycles. The van der Waals surface area contributed by atoms with Crippen molar-refractivity contribution in [2.75, 3.05) is 20.6 Å². The van der Waals surface area contributed by atoms with Gasteiger partial charge in [0.05, 0.1) is 18.3 Å². The van der Waals surface area contributed by atoms with Gasteiger partial charge in [0.15, 0.2) is 0 Å². The van der Waals surface area contributed by atoms with Crippen LogP contribution in [0.3, 0.4) is 0 Å². The zero-order valence-electron chi connectivity index (χ0n) is 10.5. The summed E-state index contributed by atoms with van der Waals surface area (Å²) in [6, 6.07) is 0. The quantitative estimate of drug-likeness (QED) is 0.869. The Hall–Kier alpha value is -1.69. The molecule has 1 aromatic heterocycles. The molecular weight excluding hydrogens is 256 g/mol. The molecule has 18 heavy (non-hydrogen) atoms. The lowest BCUT2D eigenvalue weighted by Gasteiger charge is -2.20. The van der Waals surface area contributed by atoms with E-state index >= 15 is 0 Å². The molecule has 0 aliphatic rings. The van der Waals surface area contributed by atoms with E-state index in [1.54, 1.807) is 21.0 Å². The second-order valence-electron chi connectivity index (χ2n) is 3.93. The first-order chi connectivity index (χ1) is 8.45. The van der Waals surface area contributed by atoms with Crippen LogP contribution in [0.15, 0.2) is 12.4 Å². The van der Waals surface area contributed by atoms with Gasteiger partial charge < -0.3 is 10.2 Å². The van der Waals surface area contributed by atoms with Crippen molar-refractivity contribution in [2.24, 2.45) is 5.92 Å². The number of hydrogen-bond acceptors (Lipinski definition) is 4. The zero-order chi connectivity index (χ0) is 13.7. The minimum absolute atomic E-state index is 0.119. The summed E-state index contributed by atoms with van der Waals surface area (Å²) < 4.78 is 0. The third-order valence-electron chi connectivity index (χ3n) is 2.41. The summed E-state index contributed by atoms with van der Waals surface area (Å²) in [6.45, 7) is 2.04. The van der Waals surface area contributed by atoms with Crippen molar-refractivity contribution in [1.29, 1.82) is 0 Å². The normalized spacial score (nSPS) is 11.8. The van der Waals surface area contributed by atoms with Crippen LogP contribution in [0, 0.1) is 5.92 Å². The summed E-state index contributed by atoms with van der Waals surface area (Å²) in [5.74, 6) is -0.733. The van der Waals surface area contributed by atoms with E-state index in [0.29, 0.717) is 6.54 Å². The van der Waals surface area contributed by atoms with Gasteiger partial charge in [-0.2, -0.15) is 0 Å². The number of amides is 2. The van der Waals surface area contributed by atoms with Crippen LogP contribution in [0.25, 0.3) is 0 Å². The number of hydrogen-bond donors (Lipinski definition) is 1. The Bertz CT molecular complexity index is 452. The van der Waals surface area contributed by atoms with Gasteiger partial charge in [-0.05, 0) is 0 Å². The fourth-order valence-electron chi connectivity index (χ4n) is 1.46. The van der Waals surface area contributed by atoms with Gasteiger partial charge in [-0.25, -0.2) is 4.98 Å². The van der Waals surface area contributed by atoms with Gasteiger partial charge in [0, 0.05) is 20.6 Å². The molecule has 1 unspecified atom stereocenters. The first-order valence-electron chi connectivity index (χ1n) is 5.40. The number of nitrogens with one attached hydrogen (secondary N) is 1. The van der Waals surface area contributed by atoms with Crippen molar-refractivity contribution < 1.29 is 9.59 Å². The van der Waals surface area contributed by atoms with Crippen LogP contribution in [0.4, 0.5) is 0 Å². The van der Waals surface area contributed by atoms with E-state index < -0.39 is 0 Å². The lowest BCUT2D eigenvalue weighted by atomic mass is 10.1. The van der Waals surface area contributed by atoms with Crippen molar-refractivity contribution in [3.8, 4) is 0 Å². The average molecular weight is 271 g/mol. The van der Waals surface area contributed by atoms with Gasteiger partial charge in [-0.3, -0.25) is 14.6 Å². The van der Waals surface area contributed by atoms with E-state index in [1.807, 2.05) is 0 Å². The topological polar surface area (TPSA) is 75.2 Å². The Morgan fingerprint density at radius 3 is 2.72 bits per heavy atom. The molecule has 0 aliphatic heterocycles. The molecule has 98 valence electrons. The van der Waals surface area contributed by atoms with Gasteiger partial charge in [0.1, 0.15) is 10.8 Å². The fourth-order valence-corrected chi connectivity index (χ4v) is 1.61. The van der Waals surface area contributed by atoms with Crippen LogP contribution in [0.1, 0.15) is 17.4 Å². The number of carbonyl (C=O) groups is 2. The molecular formula is C11H15ClN4O2. The Balaban J connectivity index is 2.70. The molecule has 1 aromatic rings. The summed E-state index contributed by atoms with van der Waals surface area (Å²) in [5, 5.41) is 2.69. The summed E-state index contributed by atoms with van der Waals surface area (Å²) in [5.41, 5.74) is 0.161. The van der Waals surface area contributed by atoms with Crippen LogP contribution in [-0.2, 0) is 4.79 Å². The van der Waals surface area contributed by atoms with E-state index in [9.17, 15) is 9.59 Å². The second kappa shape index (κ2) is 6.30. The maximum Gasteiger partial charge on any atom is 0.273 e. The number of rotatable bonds is 4. The molecule has 0 spiro atoms. The predicted octanol–water partition coefficient (Wildman–Crippen LogP) is 0.584. The monoisotopic (exact) mass is 270 g/mol. The van der Waals surface area contributed by atoms with Crippen LogP contribution in [0.2, 0.25) is 5.15 Å². The highest BCUT2D eigenvalue weighted by molar-refractivity contribution is 6.29. The van der Waals surface area contributed by atoms with E-state index in [1.165, 1.54) is 17.3 Å². The molecule has 1 N–H and O–H groups in total. The van der Waals surface area contributed by atoms with E-state index in [2.05, 4.69) is 15.3 Å². The largest absolute Gasteiger partial charge is 0.359 e. The highest BCUT2D eigenvalue weighted by Crippen LogP contribution is 2.06. The smallest absolute Gasteiger partial charge is 0.273 e. The molecule has 1 atom stereocenters. The molecule has 0 aromatic carbocycles. The Labute approximate surface area is 110 Å². The van der Waals surface area contributed by atoms with Crippen LogP contribution in [0.5, 0.6) is 0 Å². The summed E-state index contributed by atoms with van der Waals surface area (Å²) in [4.78, 5) is 32.4. The van der Waals surface area contributed by atoms with Crippen LogP contribution >= 0.6 is 11.6 Å². The highest BCUT2D eigenvalue weighted by Gasteiger charge is 2.19. The lowest BCUT2D eigenvalue weighted by Crippen LogP contribution is -2.37. The Morgan fingerprint density at radius 1 is 1.50 bits per heavy atom. The lowest BCUT2D eigenvalue weighted by molar-refractivity contribution is -0.124. The molecule has 0 bridgehead atoms. The summed E-state index contributed by atoms with van der Waals surface area (Å²) in [6.07, 6.45) is 2.70. The Kier molecular flexibility index (Phi) is 5.03. The SMILES string of the molecule is CNC(=O)C(C)CN(C)C(=O)c1cncc(Cl)n1. The van der Waals surface area contributed by atoms with Crippen molar-refractivity contribution in [1.82, 2.24) is 20.2 Å². The molecule has 0 saturated heterocycles. The van der Waals surface area contributed by atoms with Gasteiger partial charge in [-0.15, -0.1) is 0 Å². The van der Waals surface area contributed by atoms with E-state index in [0.717, 1.165) is 0 Å². The van der Waals surface area contributed by atoms with Crippen molar-refractivity contribution in [3.63, 3.8) is 0 Å². The minimum Gasteiger partial charge on any atom is -0.359 e. The maximum atomic E-state index is 12.0. The molecule has 0 fully saturated rings. The predicted molar refractivity (Wildman–Crippen MR) is 67.2 cm³/mol. The first-order valence-corrected chi connectivity index (χ1v) is 5.78. The number of halogens is 1. The number of carbonyl (C=O) groups excluding carboxylic acids is 2. The molecule has 0 aliphatic carbocycles. The molecule has 0 saturated carbocycles. The zero-order valence-corrected chi connectivity index (χ0v) is 11.2. The number of nitrogens with zero attached hydrogens (tertiary/aromatic N) is 3. The molecule has 0 radical (unpaired) electrons. The molecule has 1 rings (SSSR count). The molecule has 7 heteroatoms. The minimum atomic E-state index is -0.319. The van der Waals surface area contributed by atoms with E-state index in [4.69, 9.17) is 11.6 Å². The average Bonchev–Trinajstić information content (AvgIpc) is 2.36.